The molecule has 0 aromatic heterocycles. The van der Waals surface area contributed by atoms with Gasteiger partial charge in [0.1, 0.15) is 11.6 Å². The molecular weight excluding hydrogens is 251 g/mol. The summed E-state index contributed by atoms with van der Waals surface area (Å²) in [6, 6.07) is 1.16. The molecule has 0 amide bonds. The molecule has 0 saturated heterocycles. The molecule has 2 N–H and O–H groups in total. The predicted molar refractivity (Wildman–Crippen MR) is 47.0 cm³/mol. The van der Waals surface area contributed by atoms with Crippen molar-refractivity contribution in [3.05, 3.63) is 32.8 Å². The number of nitrogens with two attached hydrogens (primary N) is 1. The molecule has 0 radical (unpaired) electrons. The van der Waals surface area contributed by atoms with Crippen molar-refractivity contribution in [1.82, 2.24) is 0 Å². The molecule has 0 aliphatic rings. The smallest absolute Gasteiger partial charge is 0.149 e. The number of benzene rings is 1. The van der Waals surface area contributed by atoms with Crippen LogP contribution in [0.5, 0.6) is 0 Å². The first kappa shape index (κ1) is 9.89. The minimum Gasteiger partial charge on any atom is -0.326 e. The van der Waals surface area contributed by atoms with Crippen molar-refractivity contribution in [1.29, 1.82) is 0 Å². The van der Waals surface area contributed by atoms with E-state index in [1.807, 2.05) is 0 Å². The molecule has 1 aromatic rings. The van der Waals surface area contributed by atoms with Crippen LogP contribution in [-0.2, 0) is 6.54 Å². The Morgan fingerprint density at radius 1 is 1.42 bits per heavy atom. The summed E-state index contributed by atoms with van der Waals surface area (Å²) in [6.07, 6.45) is 0. The zero-order chi connectivity index (χ0) is 9.30. The van der Waals surface area contributed by atoms with Crippen molar-refractivity contribution in [2.75, 3.05) is 0 Å². The van der Waals surface area contributed by atoms with Crippen LogP contribution in [0.15, 0.2) is 10.5 Å². The summed E-state index contributed by atoms with van der Waals surface area (Å²) in [4.78, 5) is 0. The molecule has 0 unspecified atom stereocenters. The molecule has 1 rings (SSSR count). The molecule has 12 heavy (non-hydrogen) atoms. The van der Waals surface area contributed by atoms with Gasteiger partial charge in [0.05, 0.1) is 9.50 Å². The highest BCUT2D eigenvalue weighted by molar-refractivity contribution is 9.10. The third-order valence-corrected chi connectivity index (χ3v) is 2.26. The van der Waals surface area contributed by atoms with Crippen molar-refractivity contribution in [2.24, 2.45) is 5.73 Å². The Bertz CT molecular complexity index is 291. The van der Waals surface area contributed by atoms with E-state index in [-0.39, 0.29) is 21.6 Å². The van der Waals surface area contributed by atoms with Crippen molar-refractivity contribution in [2.45, 2.75) is 6.54 Å². The minimum absolute atomic E-state index is 0.120. The van der Waals surface area contributed by atoms with Gasteiger partial charge >= 0.3 is 0 Å². The topological polar surface area (TPSA) is 26.0 Å². The van der Waals surface area contributed by atoms with Crippen molar-refractivity contribution >= 4 is 27.5 Å². The summed E-state index contributed by atoms with van der Waals surface area (Å²) >= 11 is 8.33. The van der Waals surface area contributed by atoms with Crippen LogP contribution in [0.4, 0.5) is 8.78 Å². The lowest BCUT2D eigenvalue weighted by atomic mass is 10.2. The summed E-state index contributed by atoms with van der Waals surface area (Å²) in [6.45, 7) is -0.211. The number of rotatable bonds is 1. The fraction of sp³-hybridized carbons (Fsp3) is 0.143. The molecular formula is C7H5BrClF2N. The van der Waals surface area contributed by atoms with Gasteiger partial charge in [0.15, 0.2) is 0 Å². The maximum Gasteiger partial charge on any atom is 0.149 e. The van der Waals surface area contributed by atoms with E-state index in [2.05, 4.69) is 15.9 Å². The van der Waals surface area contributed by atoms with E-state index in [1.54, 1.807) is 0 Å². The maximum atomic E-state index is 13.0. The quantitative estimate of drug-likeness (QED) is 0.768. The molecule has 0 saturated carbocycles. The zero-order valence-electron chi connectivity index (χ0n) is 5.87. The SMILES string of the molecule is NCc1c(F)c(Cl)cc(Br)c1F. The van der Waals surface area contributed by atoms with Crippen LogP contribution >= 0.6 is 27.5 Å². The minimum atomic E-state index is -0.792. The second kappa shape index (κ2) is 3.68. The van der Waals surface area contributed by atoms with E-state index in [9.17, 15) is 8.78 Å². The molecule has 0 heterocycles. The molecule has 0 spiro atoms. The normalized spacial score (nSPS) is 10.4. The highest BCUT2D eigenvalue weighted by atomic mass is 79.9. The van der Waals surface area contributed by atoms with Crippen LogP contribution in [0, 0.1) is 11.6 Å². The highest BCUT2D eigenvalue weighted by Gasteiger charge is 2.14. The van der Waals surface area contributed by atoms with Gasteiger partial charge in [-0.1, -0.05) is 11.6 Å². The fourth-order valence-corrected chi connectivity index (χ4v) is 1.63. The maximum absolute atomic E-state index is 13.0. The van der Waals surface area contributed by atoms with E-state index in [0.717, 1.165) is 6.07 Å². The molecule has 1 nitrogen and oxygen atoms in total. The van der Waals surface area contributed by atoms with Crippen LogP contribution in [0.2, 0.25) is 5.02 Å². The molecule has 66 valence electrons. The van der Waals surface area contributed by atoms with Gasteiger partial charge in [-0.2, -0.15) is 0 Å². The first-order valence-corrected chi connectivity index (χ1v) is 4.27. The van der Waals surface area contributed by atoms with Crippen molar-refractivity contribution in [3.8, 4) is 0 Å². The fourth-order valence-electron chi connectivity index (χ4n) is 0.802. The second-order valence-corrected chi connectivity index (χ2v) is 3.41. The molecule has 0 atom stereocenters. The van der Waals surface area contributed by atoms with Gasteiger partial charge in [-0.25, -0.2) is 8.78 Å². The van der Waals surface area contributed by atoms with Crippen LogP contribution < -0.4 is 5.73 Å². The van der Waals surface area contributed by atoms with Crippen molar-refractivity contribution < 1.29 is 8.78 Å². The van der Waals surface area contributed by atoms with E-state index in [0.29, 0.717) is 0 Å². The van der Waals surface area contributed by atoms with Gasteiger partial charge in [-0.3, -0.25) is 0 Å². The summed E-state index contributed by atoms with van der Waals surface area (Å²) in [5.41, 5.74) is 4.93. The first-order valence-electron chi connectivity index (χ1n) is 3.10. The Balaban J connectivity index is 3.42. The van der Waals surface area contributed by atoms with E-state index in [4.69, 9.17) is 17.3 Å². The number of hydrogen-bond acceptors (Lipinski definition) is 1. The second-order valence-electron chi connectivity index (χ2n) is 2.15. The molecule has 0 aliphatic heterocycles. The van der Waals surface area contributed by atoms with Gasteiger partial charge in [-0.05, 0) is 22.0 Å². The van der Waals surface area contributed by atoms with Gasteiger partial charge < -0.3 is 5.73 Å². The standard InChI is InChI=1S/C7H5BrClF2N/c8-4-1-5(9)7(11)3(2-12)6(4)10/h1H,2,12H2. The van der Waals surface area contributed by atoms with Gasteiger partial charge in [0.25, 0.3) is 0 Å². The van der Waals surface area contributed by atoms with Gasteiger partial charge in [-0.15, -0.1) is 0 Å². The molecule has 0 aliphatic carbocycles. The Labute approximate surface area is 81.6 Å². The van der Waals surface area contributed by atoms with E-state index in [1.165, 1.54) is 0 Å². The summed E-state index contributed by atoms with van der Waals surface area (Å²) in [7, 11) is 0. The lowest BCUT2D eigenvalue weighted by molar-refractivity contribution is 0.553. The van der Waals surface area contributed by atoms with E-state index >= 15 is 0 Å². The van der Waals surface area contributed by atoms with E-state index < -0.39 is 11.6 Å². The molecule has 5 heteroatoms. The molecule has 1 aromatic carbocycles. The van der Waals surface area contributed by atoms with Gasteiger partial charge in [0, 0.05) is 12.1 Å². The Morgan fingerprint density at radius 3 is 2.50 bits per heavy atom. The zero-order valence-corrected chi connectivity index (χ0v) is 8.22. The van der Waals surface area contributed by atoms with Crippen LogP contribution in [0.1, 0.15) is 5.56 Å². The molecule has 0 bridgehead atoms. The van der Waals surface area contributed by atoms with Crippen LogP contribution in [0.25, 0.3) is 0 Å². The third-order valence-electron chi connectivity index (χ3n) is 1.41. The third kappa shape index (κ3) is 1.60. The number of halogens is 4. The summed E-state index contributed by atoms with van der Waals surface area (Å²) in [5.74, 6) is -1.49. The highest BCUT2D eigenvalue weighted by Crippen LogP contribution is 2.27. The Morgan fingerprint density at radius 2 is 2.00 bits per heavy atom. The summed E-state index contributed by atoms with van der Waals surface area (Å²) in [5, 5.41) is -0.135. The monoisotopic (exact) mass is 255 g/mol. The lowest BCUT2D eigenvalue weighted by Crippen LogP contribution is -2.04. The summed E-state index contributed by atoms with van der Waals surface area (Å²) < 4.78 is 26.1. The Kier molecular flexibility index (Phi) is 3.04. The first-order chi connectivity index (χ1) is 5.57. The molecule has 0 fully saturated rings. The lowest BCUT2D eigenvalue weighted by Gasteiger charge is -2.04. The van der Waals surface area contributed by atoms with Crippen molar-refractivity contribution in [3.63, 3.8) is 0 Å². The largest absolute Gasteiger partial charge is 0.326 e. The van der Waals surface area contributed by atoms with Crippen LogP contribution in [0.3, 0.4) is 0 Å². The Hall–Kier alpha value is -0.190. The number of hydrogen-bond donors (Lipinski definition) is 1. The average molecular weight is 256 g/mol. The predicted octanol–water partition coefficient (Wildman–Crippen LogP) is 2.84. The van der Waals surface area contributed by atoms with Gasteiger partial charge in [0.2, 0.25) is 0 Å². The average Bonchev–Trinajstić information content (AvgIpc) is 2.02. The van der Waals surface area contributed by atoms with Crippen LogP contribution in [-0.4, -0.2) is 0 Å².